The van der Waals surface area contributed by atoms with Crippen molar-refractivity contribution in [2.75, 3.05) is 6.61 Å². The molecular formula is C31H50O9. The molecule has 0 aromatic carbocycles. The summed E-state index contributed by atoms with van der Waals surface area (Å²) in [5, 5.41) is 57.9. The number of carbonyl (C=O) groups excluding carboxylic acids is 2. The predicted molar refractivity (Wildman–Crippen MR) is 147 cm³/mol. The van der Waals surface area contributed by atoms with E-state index in [1.807, 2.05) is 0 Å². The molecular weight excluding hydrogens is 516 g/mol. The topological polar surface area (TPSA) is 154 Å². The summed E-state index contributed by atoms with van der Waals surface area (Å²) in [7, 11) is 0. The summed E-state index contributed by atoms with van der Waals surface area (Å²) < 4.78 is 11.3. The molecule has 0 saturated heterocycles. The molecule has 0 heterocycles. The van der Waals surface area contributed by atoms with Crippen LogP contribution in [0, 0.1) is 34.5 Å². The van der Waals surface area contributed by atoms with E-state index in [9.17, 15) is 35.1 Å². The van der Waals surface area contributed by atoms with Gasteiger partial charge in [0.15, 0.2) is 0 Å². The molecule has 0 aliphatic heterocycles. The summed E-state index contributed by atoms with van der Waals surface area (Å²) in [6.07, 6.45) is 0.603. The van der Waals surface area contributed by atoms with Crippen molar-refractivity contribution in [3.8, 4) is 0 Å². The summed E-state index contributed by atoms with van der Waals surface area (Å²) >= 11 is 0. The second-order valence-electron chi connectivity index (χ2n) is 14.0. The maximum atomic E-state index is 12.9. The van der Waals surface area contributed by atoms with Gasteiger partial charge in [-0.2, -0.15) is 0 Å². The van der Waals surface area contributed by atoms with Crippen molar-refractivity contribution < 1.29 is 44.6 Å². The molecule has 9 heteroatoms. The summed E-state index contributed by atoms with van der Waals surface area (Å²) in [6.45, 7) is 10.8. The number of aliphatic hydroxyl groups is 5. The first-order chi connectivity index (χ1) is 18.5. The first kappa shape index (κ1) is 31.4. The Morgan fingerprint density at radius 2 is 1.62 bits per heavy atom. The highest BCUT2D eigenvalue weighted by Gasteiger charge is 2.77. The summed E-state index contributed by atoms with van der Waals surface area (Å²) in [5.41, 5.74) is -5.94. The van der Waals surface area contributed by atoms with Crippen LogP contribution >= 0.6 is 0 Å². The highest BCUT2D eigenvalue weighted by molar-refractivity contribution is 5.67. The maximum Gasteiger partial charge on any atom is 0.303 e. The number of rotatable bonds is 8. The molecule has 5 N–H and O–H groups in total. The highest BCUT2D eigenvalue weighted by Crippen LogP contribution is 2.69. The van der Waals surface area contributed by atoms with Gasteiger partial charge in [0.25, 0.3) is 0 Å². The largest absolute Gasteiger partial charge is 0.465 e. The Labute approximate surface area is 237 Å². The van der Waals surface area contributed by atoms with Crippen molar-refractivity contribution in [3.63, 3.8) is 0 Å². The SMILES string of the molecule is CC(=O)OC[C@]12C[C@@H](O)[C@H](O)C[C@]1(O)[C@H](O)C=C1[C@@H]3CC[C@H]([C@H](C)CCCC(C)C)[C@@]3(C)C[C@@H](OC(C)=O)[C@@]12O. The van der Waals surface area contributed by atoms with Crippen LogP contribution in [0.25, 0.3) is 0 Å². The molecule has 0 spiro atoms. The molecule has 0 bridgehead atoms. The van der Waals surface area contributed by atoms with Crippen LogP contribution in [0.2, 0.25) is 0 Å². The smallest absolute Gasteiger partial charge is 0.303 e. The normalized spacial score (nSPS) is 45.1. The van der Waals surface area contributed by atoms with Crippen LogP contribution in [-0.2, 0) is 19.1 Å². The average molecular weight is 567 g/mol. The summed E-state index contributed by atoms with van der Waals surface area (Å²) in [4.78, 5) is 24.5. The minimum Gasteiger partial charge on any atom is -0.465 e. The zero-order chi connectivity index (χ0) is 29.8. The van der Waals surface area contributed by atoms with Gasteiger partial charge in [0.2, 0.25) is 0 Å². The van der Waals surface area contributed by atoms with Gasteiger partial charge in [-0.1, -0.05) is 53.0 Å². The first-order valence-corrected chi connectivity index (χ1v) is 15.0. The molecule has 4 rings (SSSR count). The van der Waals surface area contributed by atoms with Crippen LogP contribution in [0.3, 0.4) is 0 Å². The molecule has 4 aliphatic rings. The number of carbonyl (C=O) groups is 2. The molecule has 0 aromatic heterocycles. The minimum atomic E-state index is -2.16. The number of aliphatic hydroxyl groups excluding tert-OH is 3. The standard InChI is InChI=1S/C31H50O9/c1-17(2)8-7-9-18(3)21-10-11-22-23-12-26(36)30(37)14-25(35)24(34)13-29(30,16-39-19(4)32)31(23,38)27(40-20(5)33)15-28(21,22)6/h12,17-18,21-22,24-27,34-38H,7-11,13-16H2,1-6H3/t18-,21-,22+,24-,25-,26-,27-,28-,29-,30+,31+/m1/s1. The molecule has 4 aliphatic carbocycles. The van der Waals surface area contributed by atoms with E-state index >= 15 is 0 Å². The fraction of sp³-hybridized carbons (Fsp3) is 0.871. The van der Waals surface area contributed by atoms with Crippen molar-refractivity contribution in [3.05, 3.63) is 11.6 Å². The number of hydrogen-bond donors (Lipinski definition) is 5. The van der Waals surface area contributed by atoms with Crippen LogP contribution in [0.15, 0.2) is 11.6 Å². The molecule has 0 unspecified atom stereocenters. The van der Waals surface area contributed by atoms with E-state index in [-0.39, 0.29) is 23.7 Å². The van der Waals surface area contributed by atoms with Crippen LogP contribution in [0.4, 0.5) is 0 Å². The molecule has 228 valence electrons. The van der Waals surface area contributed by atoms with Crippen molar-refractivity contribution >= 4 is 11.9 Å². The van der Waals surface area contributed by atoms with Gasteiger partial charge in [-0.15, -0.1) is 0 Å². The quantitative estimate of drug-likeness (QED) is 0.220. The van der Waals surface area contributed by atoms with Gasteiger partial charge in [-0.05, 0) is 60.3 Å². The Morgan fingerprint density at radius 3 is 2.23 bits per heavy atom. The van der Waals surface area contributed by atoms with Gasteiger partial charge in [-0.3, -0.25) is 9.59 Å². The van der Waals surface area contributed by atoms with Crippen molar-refractivity contribution in [1.82, 2.24) is 0 Å². The lowest BCUT2D eigenvalue weighted by atomic mass is 9.42. The molecule has 11 atom stereocenters. The van der Waals surface area contributed by atoms with Gasteiger partial charge in [-0.25, -0.2) is 0 Å². The highest BCUT2D eigenvalue weighted by atomic mass is 16.6. The molecule has 3 saturated carbocycles. The fourth-order valence-electron chi connectivity index (χ4n) is 9.24. The lowest BCUT2D eigenvalue weighted by molar-refractivity contribution is -0.313. The van der Waals surface area contributed by atoms with E-state index in [1.165, 1.54) is 19.9 Å². The fourth-order valence-corrected chi connectivity index (χ4v) is 9.24. The molecule has 40 heavy (non-hydrogen) atoms. The van der Waals surface area contributed by atoms with Crippen molar-refractivity contribution in [1.29, 1.82) is 0 Å². The average Bonchev–Trinajstić information content (AvgIpc) is 3.18. The van der Waals surface area contributed by atoms with Crippen molar-refractivity contribution in [2.24, 2.45) is 34.5 Å². The Balaban J connectivity index is 1.85. The van der Waals surface area contributed by atoms with Crippen LogP contribution in [-0.4, -0.2) is 79.7 Å². The number of hydrogen-bond acceptors (Lipinski definition) is 9. The minimum absolute atomic E-state index is 0.181. The number of ether oxygens (including phenoxy) is 2. The summed E-state index contributed by atoms with van der Waals surface area (Å²) in [5.74, 6) is -0.137. The van der Waals surface area contributed by atoms with Crippen LogP contribution < -0.4 is 0 Å². The predicted octanol–water partition coefficient (Wildman–Crippen LogP) is 2.64. The second-order valence-corrected chi connectivity index (χ2v) is 14.0. The summed E-state index contributed by atoms with van der Waals surface area (Å²) in [6, 6.07) is 0. The third kappa shape index (κ3) is 4.74. The molecule has 3 fully saturated rings. The van der Waals surface area contributed by atoms with Gasteiger partial charge >= 0.3 is 11.9 Å². The third-order valence-corrected chi connectivity index (χ3v) is 11.2. The van der Waals surface area contributed by atoms with E-state index < -0.39 is 66.0 Å². The first-order valence-electron chi connectivity index (χ1n) is 15.0. The van der Waals surface area contributed by atoms with E-state index in [2.05, 4.69) is 27.7 Å². The molecule has 0 aromatic rings. The van der Waals surface area contributed by atoms with Gasteiger partial charge in [0.1, 0.15) is 30.0 Å². The Hall–Kier alpha value is -1.52. The monoisotopic (exact) mass is 566 g/mol. The zero-order valence-electron chi connectivity index (χ0n) is 24.9. The number of fused-ring (bicyclic) bond motifs is 5. The van der Waals surface area contributed by atoms with E-state index in [0.29, 0.717) is 23.8 Å². The Bertz CT molecular complexity index is 1010. The molecule has 0 radical (unpaired) electrons. The zero-order valence-corrected chi connectivity index (χ0v) is 24.9. The Morgan fingerprint density at radius 1 is 0.975 bits per heavy atom. The second kappa shape index (κ2) is 11.0. The van der Waals surface area contributed by atoms with E-state index in [4.69, 9.17) is 9.47 Å². The maximum absolute atomic E-state index is 12.9. The van der Waals surface area contributed by atoms with Crippen LogP contribution in [0.5, 0.6) is 0 Å². The molecule has 0 amide bonds. The van der Waals surface area contributed by atoms with Gasteiger partial charge in [0, 0.05) is 20.3 Å². The lowest BCUT2D eigenvalue weighted by Crippen LogP contribution is -2.80. The lowest BCUT2D eigenvalue weighted by Gasteiger charge is -2.68. The van der Waals surface area contributed by atoms with E-state index in [1.54, 1.807) is 0 Å². The van der Waals surface area contributed by atoms with Gasteiger partial charge in [0.05, 0.1) is 17.6 Å². The number of esters is 2. The van der Waals surface area contributed by atoms with E-state index in [0.717, 1.165) is 32.1 Å². The van der Waals surface area contributed by atoms with Crippen LogP contribution in [0.1, 0.15) is 92.9 Å². The van der Waals surface area contributed by atoms with Gasteiger partial charge < -0.3 is 35.0 Å². The van der Waals surface area contributed by atoms with Crippen molar-refractivity contribution in [2.45, 2.75) is 129 Å². The third-order valence-electron chi connectivity index (χ3n) is 11.2. The molecule has 9 nitrogen and oxygen atoms in total. The Kier molecular flexibility index (Phi) is 8.60.